The Morgan fingerprint density at radius 1 is 0.852 bits per heavy atom. The lowest BCUT2D eigenvalue weighted by molar-refractivity contribution is -0.116. The third kappa shape index (κ3) is 5.82. The number of anilines is 3. The summed E-state index contributed by atoms with van der Waals surface area (Å²) in [5, 5.41) is 5.61. The van der Waals surface area contributed by atoms with Crippen LogP contribution in [0.1, 0.15) is 13.3 Å². The van der Waals surface area contributed by atoms with Crippen molar-refractivity contribution in [2.75, 3.05) is 48.3 Å². The van der Waals surface area contributed by atoms with Crippen molar-refractivity contribution in [1.82, 2.24) is 4.90 Å². The normalized spacial score (nSPS) is 14.6. The summed E-state index contributed by atoms with van der Waals surface area (Å²) in [5.74, 6) is -0.105. The average molecular weight is 366 g/mol. The van der Waals surface area contributed by atoms with Crippen LogP contribution in [0.5, 0.6) is 0 Å². The van der Waals surface area contributed by atoms with Gasteiger partial charge in [-0.1, -0.05) is 18.2 Å². The minimum atomic E-state index is -0.112. The molecule has 1 saturated heterocycles. The predicted molar refractivity (Wildman–Crippen MR) is 109 cm³/mol. The van der Waals surface area contributed by atoms with Crippen molar-refractivity contribution >= 4 is 28.9 Å². The fourth-order valence-corrected chi connectivity index (χ4v) is 3.19. The maximum absolute atomic E-state index is 12.2. The molecule has 0 aliphatic carbocycles. The summed E-state index contributed by atoms with van der Waals surface area (Å²) in [5.41, 5.74) is 2.72. The first-order valence-electron chi connectivity index (χ1n) is 9.30. The van der Waals surface area contributed by atoms with Gasteiger partial charge >= 0.3 is 0 Å². The number of rotatable bonds is 6. The first-order valence-corrected chi connectivity index (χ1v) is 9.30. The predicted octanol–water partition coefficient (Wildman–Crippen LogP) is 2.80. The van der Waals surface area contributed by atoms with E-state index in [-0.39, 0.29) is 11.8 Å². The molecule has 1 fully saturated rings. The van der Waals surface area contributed by atoms with Crippen LogP contribution < -0.4 is 15.5 Å². The van der Waals surface area contributed by atoms with Crippen LogP contribution in [0.25, 0.3) is 0 Å². The van der Waals surface area contributed by atoms with Gasteiger partial charge in [-0.2, -0.15) is 0 Å². The molecular weight excluding hydrogens is 340 g/mol. The van der Waals surface area contributed by atoms with E-state index >= 15 is 0 Å². The number of amides is 2. The Hall–Kier alpha value is -2.86. The number of carbonyl (C=O) groups is 2. The van der Waals surface area contributed by atoms with Gasteiger partial charge in [0.15, 0.2) is 0 Å². The number of benzene rings is 2. The third-order valence-electron chi connectivity index (χ3n) is 4.64. The molecule has 2 aromatic rings. The standard InChI is InChI=1S/C21H26N4O2/c1-17(26)22-18-7-9-19(10-8-18)23-21(27)11-12-24-13-15-25(16-14-24)20-5-3-2-4-6-20/h2-10H,11-16H2,1H3,(H,22,26)(H,23,27). The molecule has 0 radical (unpaired) electrons. The topological polar surface area (TPSA) is 64.7 Å². The summed E-state index contributed by atoms with van der Waals surface area (Å²) in [6.45, 7) is 6.13. The summed E-state index contributed by atoms with van der Waals surface area (Å²) >= 11 is 0. The van der Waals surface area contributed by atoms with Crippen LogP contribution in [0.15, 0.2) is 54.6 Å². The minimum absolute atomic E-state index is 0.00719. The van der Waals surface area contributed by atoms with Crippen LogP contribution in [-0.4, -0.2) is 49.4 Å². The highest BCUT2D eigenvalue weighted by molar-refractivity contribution is 5.92. The molecule has 27 heavy (non-hydrogen) atoms. The van der Waals surface area contributed by atoms with E-state index in [0.717, 1.165) is 44.1 Å². The van der Waals surface area contributed by atoms with Crippen molar-refractivity contribution in [3.63, 3.8) is 0 Å². The molecule has 2 aromatic carbocycles. The maximum Gasteiger partial charge on any atom is 0.225 e. The van der Waals surface area contributed by atoms with Gasteiger partial charge in [0, 0.05) is 63.1 Å². The smallest absolute Gasteiger partial charge is 0.225 e. The van der Waals surface area contributed by atoms with E-state index in [1.807, 2.05) is 6.07 Å². The lowest BCUT2D eigenvalue weighted by Crippen LogP contribution is -2.47. The number of carbonyl (C=O) groups excluding carboxylic acids is 2. The largest absolute Gasteiger partial charge is 0.369 e. The van der Waals surface area contributed by atoms with E-state index in [0.29, 0.717) is 6.42 Å². The first-order chi connectivity index (χ1) is 13.1. The van der Waals surface area contributed by atoms with Crippen molar-refractivity contribution in [3.8, 4) is 0 Å². The van der Waals surface area contributed by atoms with E-state index in [9.17, 15) is 9.59 Å². The lowest BCUT2D eigenvalue weighted by Gasteiger charge is -2.36. The molecule has 0 aromatic heterocycles. The average Bonchev–Trinajstić information content (AvgIpc) is 2.69. The minimum Gasteiger partial charge on any atom is -0.369 e. The highest BCUT2D eigenvalue weighted by Gasteiger charge is 2.17. The van der Waals surface area contributed by atoms with Gasteiger partial charge in [-0.15, -0.1) is 0 Å². The lowest BCUT2D eigenvalue weighted by atomic mass is 10.2. The van der Waals surface area contributed by atoms with Gasteiger partial charge in [-0.3, -0.25) is 14.5 Å². The highest BCUT2D eigenvalue weighted by atomic mass is 16.2. The molecule has 1 heterocycles. The van der Waals surface area contributed by atoms with Gasteiger partial charge in [0.25, 0.3) is 0 Å². The first kappa shape index (κ1) is 18.9. The summed E-state index contributed by atoms with van der Waals surface area (Å²) in [4.78, 5) is 27.9. The molecule has 1 aliphatic heterocycles. The molecule has 0 spiro atoms. The fourth-order valence-electron chi connectivity index (χ4n) is 3.19. The van der Waals surface area contributed by atoms with Crippen LogP contribution >= 0.6 is 0 Å². The number of para-hydroxylation sites is 1. The molecule has 142 valence electrons. The molecule has 0 atom stereocenters. The van der Waals surface area contributed by atoms with Crippen molar-refractivity contribution in [2.45, 2.75) is 13.3 Å². The van der Waals surface area contributed by atoms with Gasteiger partial charge in [-0.25, -0.2) is 0 Å². The van der Waals surface area contributed by atoms with Crippen LogP contribution in [0, 0.1) is 0 Å². The second-order valence-electron chi connectivity index (χ2n) is 6.72. The Bertz CT molecular complexity index is 754. The zero-order chi connectivity index (χ0) is 19.1. The number of nitrogens with one attached hydrogen (secondary N) is 2. The van der Waals surface area contributed by atoms with Crippen LogP contribution in [0.4, 0.5) is 17.1 Å². The van der Waals surface area contributed by atoms with Crippen molar-refractivity contribution in [1.29, 1.82) is 0 Å². The van der Waals surface area contributed by atoms with E-state index in [1.165, 1.54) is 12.6 Å². The summed E-state index contributed by atoms with van der Waals surface area (Å²) in [6.07, 6.45) is 0.471. The van der Waals surface area contributed by atoms with E-state index < -0.39 is 0 Å². The molecule has 2 N–H and O–H groups in total. The Kier molecular flexibility index (Phi) is 6.44. The summed E-state index contributed by atoms with van der Waals surface area (Å²) in [6, 6.07) is 17.6. The van der Waals surface area contributed by atoms with Gasteiger partial charge < -0.3 is 15.5 Å². The van der Waals surface area contributed by atoms with Gasteiger partial charge in [0.1, 0.15) is 0 Å². The molecule has 1 aliphatic rings. The van der Waals surface area contributed by atoms with Crippen LogP contribution in [-0.2, 0) is 9.59 Å². The Morgan fingerprint density at radius 2 is 1.44 bits per heavy atom. The van der Waals surface area contributed by atoms with Gasteiger partial charge in [0.2, 0.25) is 11.8 Å². The Labute approximate surface area is 160 Å². The van der Waals surface area contributed by atoms with Gasteiger partial charge in [0.05, 0.1) is 0 Å². The number of nitrogens with zero attached hydrogens (tertiary/aromatic N) is 2. The number of hydrogen-bond donors (Lipinski definition) is 2. The molecule has 2 amide bonds. The second kappa shape index (κ2) is 9.19. The summed E-state index contributed by atoms with van der Waals surface area (Å²) in [7, 11) is 0. The van der Waals surface area contributed by atoms with Crippen LogP contribution in [0.3, 0.4) is 0 Å². The molecule has 0 unspecified atom stereocenters. The van der Waals surface area contributed by atoms with E-state index in [1.54, 1.807) is 24.3 Å². The zero-order valence-corrected chi connectivity index (χ0v) is 15.6. The highest BCUT2D eigenvalue weighted by Crippen LogP contribution is 2.16. The van der Waals surface area contributed by atoms with Crippen molar-refractivity contribution in [3.05, 3.63) is 54.6 Å². The SMILES string of the molecule is CC(=O)Nc1ccc(NC(=O)CCN2CCN(c3ccccc3)CC2)cc1. The molecule has 3 rings (SSSR count). The monoisotopic (exact) mass is 366 g/mol. The van der Waals surface area contributed by atoms with E-state index in [2.05, 4.69) is 44.7 Å². The van der Waals surface area contributed by atoms with Crippen molar-refractivity contribution in [2.24, 2.45) is 0 Å². The number of piperazine rings is 1. The maximum atomic E-state index is 12.2. The van der Waals surface area contributed by atoms with Crippen LogP contribution in [0.2, 0.25) is 0 Å². The quantitative estimate of drug-likeness (QED) is 0.825. The molecule has 0 saturated carbocycles. The zero-order valence-electron chi connectivity index (χ0n) is 15.6. The summed E-state index contributed by atoms with van der Waals surface area (Å²) < 4.78 is 0. The fraction of sp³-hybridized carbons (Fsp3) is 0.333. The second-order valence-corrected chi connectivity index (χ2v) is 6.72. The Morgan fingerprint density at radius 3 is 2.04 bits per heavy atom. The van der Waals surface area contributed by atoms with E-state index in [4.69, 9.17) is 0 Å². The molecule has 6 heteroatoms. The third-order valence-corrected chi connectivity index (χ3v) is 4.64. The van der Waals surface area contributed by atoms with Gasteiger partial charge in [-0.05, 0) is 36.4 Å². The molecule has 6 nitrogen and oxygen atoms in total. The molecular formula is C21H26N4O2. The van der Waals surface area contributed by atoms with Crippen molar-refractivity contribution < 1.29 is 9.59 Å². The number of hydrogen-bond acceptors (Lipinski definition) is 4. The Balaban J connectivity index is 1.39. The molecule has 0 bridgehead atoms.